The van der Waals surface area contributed by atoms with Crippen molar-refractivity contribution in [3.63, 3.8) is 0 Å². The molecular formula is C21H24BClFNO5S. The standard InChI is InChI=1S/C21H24BClFNO5S/c1-20(2)21(3,4)30-22(29-20)17-11-14(9-10-25-31(27)28)18(23)12-16(17)19(26)13-5-7-15(24)8-6-13/h5-8,11-12,31H,9-10H2,1-4H3,(H,25,27,28). The van der Waals surface area contributed by atoms with Crippen molar-refractivity contribution >= 4 is 40.9 Å². The van der Waals surface area contributed by atoms with Crippen molar-refractivity contribution in [3.8, 4) is 0 Å². The number of benzene rings is 2. The van der Waals surface area contributed by atoms with Crippen LogP contribution < -0.4 is 10.2 Å². The highest BCUT2D eigenvalue weighted by Gasteiger charge is 2.52. The minimum absolute atomic E-state index is 0.159. The Morgan fingerprint density at radius 2 is 1.68 bits per heavy atom. The van der Waals surface area contributed by atoms with E-state index in [4.69, 9.17) is 20.9 Å². The number of halogens is 2. The predicted molar refractivity (Wildman–Crippen MR) is 119 cm³/mol. The summed E-state index contributed by atoms with van der Waals surface area (Å²) in [5.41, 5.74) is 0.451. The minimum Gasteiger partial charge on any atom is -0.399 e. The molecule has 2 aromatic carbocycles. The van der Waals surface area contributed by atoms with Crippen LogP contribution in [0.1, 0.15) is 49.2 Å². The fourth-order valence-electron chi connectivity index (χ4n) is 3.23. The molecular weight excluding hydrogens is 444 g/mol. The van der Waals surface area contributed by atoms with Crippen LogP contribution in [0, 0.1) is 5.82 Å². The third-order valence-corrected chi connectivity index (χ3v) is 6.55. The van der Waals surface area contributed by atoms with Crippen molar-refractivity contribution < 1.29 is 26.9 Å². The second-order valence-corrected chi connectivity index (χ2v) is 9.61. The zero-order valence-electron chi connectivity index (χ0n) is 17.7. The molecule has 0 unspecified atom stereocenters. The van der Waals surface area contributed by atoms with E-state index in [0.717, 1.165) is 0 Å². The predicted octanol–water partition coefficient (Wildman–Crippen LogP) is 2.67. The van der Waals surface area contributed by atoms with E-state index >= 15 is 0 Å². The topological polar surface area (TPSA) is 81.7 Å². The first-order chi connectivity index (χ1) is 14.4. The lowest BCUT2D eigenvalue weighted by molar-refractivity contribution is 0.00578. The van der Waals surface area contributed by atoms with E-state index in [1.165, 1.54) is 30.3 Å². The molecule has 0 saturated carbocycles. The molecule has 1 N–H and O–H groups in total. The summed E-state index contributed by atoms with van der Waals surface area (Å²) >= 11 is 6.42. The monoisotopic (exact) mass is 467 g/mol. The molecule has 1 fully saturated rings. The van der Waals surface area contributed by atoms with Crippen molar-refractivity contribution in [2.24, 2.45) is 0 Å². The first kappa shape index (κ1) is 23.9. The molecule has 0 amide bonds. The summed E-state index contributed by atoms with van der Waals surface area (Å²) in [6, 6.07) is 8.48. The van der Waals surface area contributed by atoms with Crippen LogP contribution in [0.4, 0.5) is 4.39 Å². The third-order valence-electron chi connectivity index (χ3n) is 5.71. The molecule has 0 bridgehead atoms. The van der Waals surface area contributed by atoms with E-state index in [-0.39, 0.29) is 17.9 Å². The van der Waals surface area contributed by atoms with Gasteiger partial charge >= 0.3 is 7.12 Å². The van der Waals surface area contributed by atoms with Crippen molar-refractivity contribution in [1.29, 1.82) is 0 Å². The molecule has 1 aliphatic rings. The summed E-state index contributed by atoms with van der Waals surface area (Å²) in [6.45, 7) is 7.77. The molecule has 1 heterocycles. The normalized spacial score (nSPS) is 17.3. The Morgan fingerprint density at radius 1 is 1.10 bits per heavy atom. The van der Waals surface area contributed by atoms with Crippen LogP contribution >= 0.6 is 11.6 Å². The van der Waals surface area contributed by atoms with E-state index in [2.05, 4.69) is 4.72 Å². The van der Waals surface area contributed by atoms with Gasteiger partial charge in [0.15, 0.2) is 5.78 Å². The van der Waals surface area contributed by atoms with Crippen molar-refractivity contribution in [2.75, 3.05) is 6.54 Å². The van der Waals surface area contributed by atoms with Crippen LogP contribution in [-0.4, -0.2) is 39.1 Å². The van der Waals surface area contributed by atoms with Crippen molar-refractivity contribution in [1.82, 2.24) is 4.72 Å². The van der Waals surface area contributed by atoms with Gasteiger partial charge in [0.1, 0.15) is 5.82 Å². The Bertz CT molecular complexity index is 1050. The van der Waals surface area contributed by atoms with Gasteiger partial charge in [0.25, 0.3) is 0 Å². The zero-order chi connectivity index (χ0) is 23.0. The highest BCUT2D eigenvalue weighted by Crippen LogP contribution is 2.37. The number of carbonyl (C=O) groups excluding carboxylic acids is 1. The first-order valence-corrected chi connectivity index (χ1v) is 11.3. The Labute approximate surface area is 188 Å². The van der Waals surface area contributed by atoms with E-state index in [9.17, 15) is 17.6 Å². The maximum Gasteiger partial charge on any atom is 0.495 e. The molecule has 1 saturated heterocycles. The lowest BCUT2D eigenvalue weighted by Crippen LogP contribution is -2.41. The highest BCUT2D eigenvalue weighted by atomic mass is 35.5. The molecule has 6 nitrogen and oxygen atoms in total. The summed E-state index contributed by atoms with van der Waals surface area (Å²) in [7, 11) is -3.55. The van der Waals surface area contributed by atoms with E-state index in [1.807, 2.05) is 27.7 Å². The summed E-state index contributed by atoms with van der Waals surface area (Å²) < 4.78 is 49.5. The molecule has 0 aromatic heterocycles. The Hall–Kier alpha value is -1.78. The second-order valence-electron chi connectivity index (χ2n) is 8.37. The van der Waals surface area contributed by atoms with E-state index in [0.29, 0.717) is 28.0 Å². The average molecular weight is 468 g/mol. The zero-order valence-corrected chi connectivity index (χ0v) is 19.4. The van der Waals surface area contributed by atoms with Gasteiger partial charge in [-0.1, -0.05) is 17.7 Å². The largest absolute Gasteiger partial charge is 0.495 e. The molecule has 10 heteroatoms. The lowest BCUT2D eigenvalue weighted by atomic mass is 9.73. The van der Waals surface area contributed by atoms with E-state index < -0.39 is 35.0 Å². The number of thiol groups is 1. The number of hydrogen-bond donors (Lipinski definition) is 2. The molecule has 2 aromatic rings. The molecule has 1 aliphatic heterocycles. The van der Waals surface area contributed by atoms with Gasteiger partial charge in [0.2, 0.25) is 10.9 Å². The molecule has 0 spiro atoms. The van der Waals surface area contributed by atoms with Gasteiger partial charge in [-0.3, -0.25) is 4.79 Å². The average Bonchev–Trinajstić information content (AvgIpc) is 2.89. The van der Waals surface area contributed by atoms with Crippen LogP contribution in [0.25, 0.3) is 0 Å². The minimum atomic E-state index is -2.73. The van der Waals surface area contributed by atoms with Crippen LogP contribution in [0.3, 0.4) is 0 Å². The van der Waals surface area contributed by atoms with Gasteiger partial charge in [0, 0.05) is 22.7 Å². The summed E-state index contributed by atoms with van der Waals surface area (Å²) in [5, 5.41) is 0.314. The highest BCUT2D eigenvalue weighted by molar-refractivity contribution is 7.70. The smallest absolute Gasteiger partial charge is 0.399 e. The van der Waals surface area contributed by atoms with Gasteiger partial charge in [0.05, 0.1) is 11.2 Å². The quantitative estimate of drug-likeness (QED) is 0.372. The number of hydrogen-bond acceptors (Lipinski definition) is 5. The molecule has 0 atom stereocenters. The van der Waals surface area contributed by atoms with Gasteiger partial charge in [-0.2, -0.15) is 0 Å². The lowest BCUT2D eigenvalue weighted by Gasteiger charge is -2.32. The molecule has 166 valence electrons. The third kappa shape index (κ3) is 5.18. The molecule has 0 radical (unpaired) electrons. The summed E-state index contributed by atoms with van der Waals surface area (Å²) in [6.07, 6.45) is 0.319. The van der Waals surface area contributed by atoms with Gasteiger partial charge in [-0.05, 0) is 75.5 Å². The molecule has 0 aliphatic carbocycles. The Kier molecular flexibility index (Phi) is 6.93. The SMILES string of the molecule is CC1(C)OB(c2cc(CCN[SH](=O)=O)c(Cl)cc2C(=O)c2ccc(F)cc2)OC1(C)C. The van der Waals surface area contributed by atoms with Crippen LogP contribution in [0.5, 0.6) is 0 Å². The van der Waals surface area contributed by atoms with Crippen molar-refractivity contribution in [3.05, 3.63) is 63.9 Å². The maximum atomic E-state index is 13.3. The first-order valence-electron chi connectivity index (χ1n) is 9.77. The fourth-order valence-corrected chi connectivity index (χ4v) is 3.78. The number of ketones is 1. The molecule has 31 heavy (non-hydrogen) atoms. The summed E-state index contributed by atoms with van der Waals surface area (Å²) in [5.74, 6) is -0.792. The maximum absolute atomic E-state index is 13.3. The van der Waals surface area contributed by atoms with Crippen LogP contribution in [-0.2, 0) is 26.6 Å². The van der Waals surface area contributed by atoms with Crippen LogP contribution in [0.2, 0.25) is 5.02 Å². The van der Waals surface area contributed by atoms with E-state index in [1.54, 1.807) is 6.07 Å². The number of carbonyl (C=O) groups is 1. The Balaban J connectivity index is 2.05. The Morgan fingerprint density at radius 3 is 2.23 bits per heavy atom. The van der Waals surface area contributed by atoms with Gasteiger partial charge in [-0.25, -0.2) is 17.5 Å². The van der Waals surface area contributed by atoms with Crippen molar-refractivity contribution in [2.45, 2.75) is 45.3 Å². The van der Waals surface area contributed by atoms with Crippen LogP contribution in [0.15, 0.2) is 36.4 Å². The van der Waals surface area contributed by atoms with Gasteiger partial charge in [-0.15, -0.1) is 0 Å². The van der Waals surface area contributed by atoms with Gasteiger partial charge < -0.3 is 9.31 Å². The second kappa shape index (κ2) is 9.00. The molecule has 3 rings (SSSR count). The number of nitrogens with one attached hydrogen (secondary N) is 1. The number of rotatable bonds is 7. The summed E-state index contributed by atoms with van der Waals surface area (Å²) in [4.78, 5) is 13.2. The fraction of sp³-hybridized carbons (Fsp3) is 0.381.